The van der Waals surface area contributed by atoms with Crippen LogP contribution in [0.15, 0.2) is 34.0 Å². The van der Waals surface area contributed by atoms with E-state index >= 15 is 0 Å². The first-order valence-corrected chi connectivity index (χ1v) is 6.54. The number of nitrogens with zero attached hydrogens (tertiary/aromatic N) is 1. The number of Topliss-reactive ketones (excluding diaryl/α,β-unsaturated/α-hetero) is 1. The van der Waals surface area contributed by atoms with E-state index in [0.717, 1.165) is 33.4 Å². The second-order valence-corrected chi connectivity index (χ2v) is 5.42. The SMILES string of the molecule is CC1=C(C)C(=O)c2[nH]c3c(c2C1)C1=CN=CC1=CC3=O. The van der Waals surface area contributed by atoms with Crippen LogP contribution in [0.3, 0.4) is 0 Å². The van der Waals surface area contributed by atoms with Crippen LogP contribution in [0.4, 0.5) is 0 Å². The Morgan fingerprint density at radius 2 is 2.00 bits per heavy atom. The standard InChI is InChI=1S/C16H12N2O2/c1-7-3-10-13-11-6-17-5-9(11)4-12(19)15(13)18-14(10)16(20)8(7)2/h4-6,18H,3H2,1-2H3. The van der Waals surface area contributed by atoms with Crippen molar-refractivity contribution in [2.45, 2.75) is 20.3 Å². The Labute approximate surface area is 115 Å². The number of aliphatic imine (C=N–C) groups is 1. The quantitative estimate of drug-likeness (QED) is 0.783. The number of allylic oxidation sites excluding steroid dienone is 5. The fraction of sp³-hybridized carbons (Fsp3) is 0.188. The van der Waals surface area contributed by atoms with Crippen LogP contribution in [0.25, 0.3) is 5.57 Å². The van der Waals surface area contributed by atoms with Crippen molar-refractivity contribution in [3.05, 3.63) is 51.5 Å². The average molecular weight is 264 g/mol. The number of hydrogen-bond acceptors (Lipinski definition) is 3. The Kier molecular flexibility index (Phi) is 2.01. The lowest BCUT2D eigenvalue weighted by molar-refractivity contribution is 0.102. The first-order valence-electron chi connectivity index (χ1n) is 6.54. The lowest BCUT2D eigenvalue weighted by Gasteiger charge is -2.17. The van der Waals surface area contributed by atoms with Gasteiger partial charge in [0.2, 0.25) is 11.6 Å². The molecule has 1 aromatic rings. The molecule has 0 radical (unpaired) electrons. The summed E-state index contributed by atoms with van der Waals surface area (Å²) in [6.45, 7) is 3.81. The van der Waals surface area contributed by atoms with Gasteiger partial charge in [-0.05, 0) is 37.5 Å². The fourth-order valence-corrected chi connectivity index (χ4v) is 3.04. The summed E-state index contributed by atoms with van der Waals surface area (Å²) in [4.78, 5) is 31.7. The van der Waals surface area contributed by atoms with E-state index in [0.29, 0.717) is 17.8 Å². The number of aromatic amines is 1. The normalized spacial score (nSPS) is 19.7. The van der Waals surface area contributed by atoms with Gasteiger partial charge in [0.15, 0.2) is 0 Å². The molecule has 0 spiro atoms. The van der Waals surface area contributed by atoms with E-state index in [2.05, 4.69) is 9.98 Å². The molecule has 0 unspecified atom stereocenters. The van der Waals surface area contributed by atoms with Gasteiger partial charge in [-0.2, -0.15) is 0 Å². The Bertz CT molecular complexity index is 829. The number of ketones is 2. The molecular weight excluding hydrogens is 252 g/mol. The number of H-pyrrole nitrogens is 1. The van der Waals surface area contributed by atoms with Crippen LogP contribution in [0.1, 0.15) is 46.0 Å². The molecule has 0 saturated heterocycles. The number of rotatable bonds is 0. The van der Waals surface area contributed by atoms with Crippen LogP contribution in [0.2, 0.25) is 0 Å². The number of carbonyl (C=O) groups is 2. The summed E-state index contributed by atoms with van der Waals surface area (Å²) in [5.74, 6) is -0.0926. The van der Waals surface area contributed by atoms with Gasteiger partial charge in [-0.25, -0.2) is 0 Å². The molecule has 4 heteroatoms. The largest absolute Gasteiger partial charge is 0.348 e. The highest BCUT2D eigenvalue weighted by atomic mass is 16.1. The zero-order valence-corrected chi connectivity index (χ0v) is 11.2. The summed E-state index contributed by atoms with van der Waals surface area (Å²) in [7, 11) is 0. The first-order chi connectivity index (χ1) is 9.58. The lowest BCUT2D eigenvalue weighted by atomic mass is 9.83. The molecule has 0 amide bonds. The fourth-order valence-electron chi connectivity index (χ4n) is 3.04. The van der Waals surface area contributed by atoms with Gasteiger partial charge in [0, 0.05) is 29.1 Å². The van der Waals surface area contributed by atoms with E-state index < -0.39 is 0 Å². The van der Waals surface area contributed by atoms with Crippen molar-refractivity contribution in [3.63, 3.8) is 0 Å². The van der Waals surface area contributed by atoms with Crippen LogP contribution in [-0.4, -0.2) is 22.8 Å². The highest BCUT2D eigenvalue weighted by Crippen LogP contribution is 2.40. The van der Waals surface area contributed by atoms with E-state index in [1.807, 2.05) is 13.8 Å². The van der Waals surface area contributed by atoms with Crippen LogP contribution >= 0.6 is 0 Å². The molecular formula is C16H12N2O2. The summed E-state index contributed by atoms with van der Waals surface area (Å²) in [5.41, 5.74) is 6.49. The lowest BCUT2D eigenvalue weighted by Crippen LogP contribution is -2.13. The molecule has 4 rings (SSSR count). The molecule has 3 aliphatic rings. The molecule has 1 aromatic heterocycles. The maximum atomic E-state index is 12.4. The van der Waals surface area contributed by atoms with Gasteiger partial charge in [0.25, 0.3) is 0 Å². The predicted octanol–water partition coefficient (Wildman–Crippen LogP) is 2.64. The summed E-state index contributed by atoms with van der Waals surface area (Å²) < 4.78 is 0. The molecule has 1 N–H and O–H groups in total. The van der Waals surface area contributed by atoms with Crippen molar-refractivity contribution in [2.75, 3.05) is 0 Å². The van der Waals surface area contributed by atoms with E-state index in [9.17, 15) is 9.59 Å². The predicted molar refractivity (Wildman–Crippen MR) is 76.1 cm³/mol. The van der Waals surface area contributed by atoms with E-state index in [1.54, 1.807) is 18.5 Å². The third kappa shape index (κ3) is 1.23. The highest BCUT2D eigenvalue weighted by Gasteiger charge is 2.34. The van der Waals surface area contributed by atoms with Crippen molar-refractivity contribution >= 4 is 23.4 Å². The van der Waals surface area contributed by atoms with Crippen molar-refractivity contribution in [3.8, 4) is 0 Å². The van der Waals surface area contributed by atoms with Gasteiger partial charge in [0.1, 0.15) is 0 Å². The number of nitrogens with one attached hydrogen (secondary N) is 1. The summed E-state index contributed by atoms with van der Waals surface area (Å²) in [5, 5.41) is 0. The maximum Gasteiger partial charge on any atom is 0.205 e. The van der Waals surface area contributed by atoms with Gasteiger partial charge in [-0.1, -0.05) is 5.57 Å². The van der Waals surface area contributed by atoms with Crippen molar-refractivity contribution < 1.29 is 9.59 Å². The molecule has 98 valence electrons. The van der Waals surface area contributed by atoms with Gasteiger partial charge in [-0.15, -0.1) is 0 Å². The Hall–Kier alpha value is -2.49. The summed E-state index contributed by atoms with van der Waals surface area (Å²) in [6.07, 6.45) is 5.73. The molecule has 1 aliphatic heterocycles. The Morgan fingerprint density at radius 1 is 1.20 bits per heavy atom. The number of aromatic nitrogens is 1. The molecule has 0 aromatic carbocycles. The van der Waals surface area contributed by atoms with E-state index in [4.69, 9.17) is 0 Å². The third-order valence-electron chi connectivity index (χ3n) is 4.28. The smallest absolute Gasteiger partial charge is 0.205 e. The van der Waals surface area contributed by atoms with E-state index in [-0.39, 0.29) is 11.6 Å². The summed E-state index contributed by atoms with van der Waals surface area (Å²) in [6, 6.07) is 0. The molecule has 0 bridgehead atoms. The van der Waals surface area contributed by atoms with Gasteiger partial charge >= 0.3 is 0 Å². The maximum absolute atomic E-state index is 12.4. The second kappa shape index (κ2) is 3.54. The molecule has 20 heavy (non-hydrogen) atoms. The molecule has 0 atom stereocenters. The minimum Gasteiger partial charge on any atom is -0.348 e. The van der Waals surface area contributed by atoms with Gasteiger partial charge < -0.3 is 4.98 Å². The molecule has 2 heterocycles. The number of hydrogen-bond donors (Lipinski definition) is 1. The molecule has 0 fully saturated rings. The Balaban J connectivity index is 2.01. The topological polar surface area (TPSA) is 62.3 Å². The number of carbonyl (C=O) groups excluding carboxylic acids is 2. The minimum atomic E-state index is -0.0852. The van der Waals surface area contributed by atoms with Crippen molar-refractivity contribution in [2.24, 2.45) is 4.99 Å². The average Bonchev–Trinajstić information content (AvgIpc) is 3.00. The summed E-state index contributed by atoms with van der Waals surface area (Å²) >= 11 is 0. The van der Waals surface area contributed by atoms with Crippen molar-refractivity contribution in [1.29, 1.82) is 0 Å². The van der Waals surface area contributed by atoms with Crippen molar-refractivity contribution in [1.82, 2.24) is 4.98 Å². The first kappa shape index (κ1) is 11.3. The second-order valence-electron chi connectivity index (χ2n) is 5.42. The van der Waals surface area contributed by atoms with Crippen LogP contribution in [0, 0.1) is 0 Å². The number of fused-ring (bicyclic) bond motifs is 5. The monoisotopic (exact) mass is 264 g/mol. The zero-order chi connectivity index (χ0) is 14.0. The van der Waals surface area contributed by atoms with Crippen LogP contribution in [0.5, 0.6) is 0 Å². The molecule has 4 nitrogen and oxygen atoms in total. The highest BCUT2D eigenvalue weighted by molar-refractivity contribution is 6.22. The van der Waals surface area contributed by atoms with Crippen LogP contribution in [-0.2, 0) is 6.42 Å². The van der Waals surface area contributed by atoms with E-state index in [1.165, 1.54) is 0 Å². The zero-order valence-electron chi connectivity index (χ0n) is 11.2. The Morgan fingerprint density at radius 3 is 2.80 bits per heavy atom. The van der Waals surface area contributed by atoms with Gasteiger partial charge in [-0.3, -0.25) is 14.6 Å². The van der Waals surface area contributed by atoms with Crippen LogP contribution < -0.4 is 0 Å². The van der Waals surface area contributed by atoms with Gasteiger partial charge in [0.05, 0.1) is 11.4 Å². The third-order valence-corrected chi connectivity index (χ3v) is 4.28. The molecule has 0 saturated carbocycles. The minimum absolute atomic E-state index is 0.00739. The molecule has 2 aliphatic carbocycles.